The van der Waals surface area contributed by atoms with E-state index in [1.165, 1.54) is 49.7 Å². The number of benzene rings is 1. The number of ether oxygens (including phenoxy) is 1. The second kappa shape index (κ2) is 5.77. The summed E-state index contributed by atoms with van der Waals surface area (Å²) >= 11 is 0. The minimum atomic E-state index is 0.116. The predicted octanol–water partition coefficient (Wildman–Crippen LogP) is 4.52. The highest BCUT2D eigenvalue weighted by Gasteiger charge is 2.42. The summed E-state index contributed by atoms with van der Waals surface area (Å²) in [5.41, 5.74) is 2.78. The van der Waals surface area contributed by atoms with Gasteiger partial charge in [-0.1, -0.05) is 25.5 Å². The lowest BCUT2D eigenvalue weighted by molar-refractivity contribution is 0.0367. The molecule has 2 nitrogen and oxygen atoms in total. The summed E-state index contributed by atoms with van der Waals surface area (Å²) in [5, 5.41) is 3.77. The van der Waals surface area contributed by atoms with Crippen LogP contribution >= 0.6 is 0 Å². The third-order valence-corrected chi connectivity index (χ3v) is 4.88. The Hall–Kier alpha value is -1.02. The highest BCUT2D eigenvalue weighted by molar-refractivity contribution is 5.42. The maximum Gasteiger partial charge on any atom is 0.125 e. The molecule has 1 N–H and O–H groups in total. The van der Waals surface area contributed by atoms with Gasteiger partial charge < -0.3 is 10.1 Å². The molecular formula is C18H27NO. The molecule has 0 radical (unpaired) electrons. The van der Waals surface area contributed by atoms with Gasteiger partial charge in [-0.3, -0.25) is 0 Å². The van der Waals surface area contributed by atoms with Crippen LogP contribution in [0.25, 0.3) is 0 Å². The molecule has 0 saturated heterocycles. The Bertz CT molecular complexity index is 462. The quantitative estimate of drug-likeness (QED) is 0.814. The minimum absolute atomic E-state index is 0.116. The van der Waals surface area contributed by atoms with Crippen LogP contribution in [0.3, 0.4) is 0 Å². The maximum absolute atomic E-state index is 6.46. The summed E-state index contributed by atoms with van der Waals surface area (Å²) in [7, 11) is 0. The topological polar surface area (TPSA) is 21.3 Å². The molecule has 1 fully saturated rings. The summed E-state index contributed by atoms with van der Waals surface area (Å²) in [6.45, 7) is 5.52. The number of hydrogen-bond donors (Lipinski definition) is 1. The molecule has 0 aromatic heterocycles. The lowest BCUT2D eigenvalue weighted by atomic mass is 9.85. The Kier molecular flexibility index (Phi) is 4.02. The van der Waals surface area contributed by atoms with Crippen molar-refractivity contribution < 1.29 is 4.74 Å². The largest absolute Gasteiger partial charge is 0.487 e. The van der Waals surface area contributed by atoms with Gasteiger partial charge in [0.25, 0.3) is 0 Å². The van der Waals surface area contributed by atoms with Crippen molar-refractivity contribution in [3.05, 3.63) is 29.3 Å². The van der Waals surface area contributed by atoms with E-state index in [2.05, 4.69) is 37.4 Å². The second-order valence-corrected chi connectivity index (χ2v) is 6.60. The molecule has 1 aliphatic carbocycles. The minimum Gasteiger partial charge on any atom is -0.487 e. The lowest BCUT2D eigenvalue weighted by Crippen LogP contribution is -2.42. The summed E-state index contributed by atoms with van der Waals surface area (Å²) < 4.78 is 6.46. The molecule has 1 aliphatic heterocycles. The first-order valence-corrected chi connectivity index (χ1v) is 8.25. The first kappa shape index (κ1) is 13.9. The van der Waals surface area contributed by atoms with Crippen LogP contribution < -0.4 is 10.1 Å². The lowest BCUT2D eigenvalue weighted by Gasteiger charge is -2.40. The van der Waals surface area contributed by atoms with Crippen molar-refractivity contribution in [3.63, 3.8) is 0 Å². The van der Waals surface area contributed by atoms with Crippen molar-refractivity contribution in [2.75, 3.05) is 6.54 Å². The molecule has 2 aliphatic rings. The molecule has 0 amide bonds. The Labute approximate surface area is 122 Å². The summed E-state index contributed by atoms with van der Waals surface area (Å²) in [6.07, 6.45) is 8.75. The first-order chi connectivity index (χ1) is 9.72. The Morgan fingerprint density at radius 3 is 2.85 bits per heavy atom. The van der Waals surface area contributed by atoms with Crippen molar-refractivity contribution in [1.82, 2.24) is 5.32 Å². The van der Waals surface area contributed by atoms with Crippen LogP contribution in [0.1, 0.15) is 69.0 Å². The van der Waals surface area contributed by atoms with E-state index in [-0.39, 0.29) is 5.60 Å². The number of rotatable bonds is 4. The van der Waals surface area contributed by atoms with E-state index in [9.17, 15) is 0 Å². The second-order valence-electron chi connectivity index (χ2n) is 6.60. The number of hydrogen-bond acceptors (Lipinski definition) is 2. The van der Waals surface area contributed by atoms with E-state index in [4.69, 9.17) is 4.74 Å². The van der Waals surface area contributed by atoms with Crippen LogP contribution in [0.2, 0.25) is 0 Å². The van der Waals surface area contributed by atoms with Crippen molar-refractivity contribution in [2.45, 2.75) is 70.4 Å². The van der Waals surface area contributed by atoms with E-state index < -0.39 is 0 Å². The molecule has 1 heterocycles. The smallest absolute Gasteiger partial charge is 0.125 e. The van der Waals surface area contributed by atoms with Crippen molar-refractivity contribution in [1.29, 1.82) is 0 Å². The number of aryl methyl sites for hydroxylation is 1. The van der Waals surface area contributed by atoms with E-state index in [1.54, 1.807) is 0 Å². The molecule has 1 aromatic carbocycles. The zero-order chi connectivity index (χ0) is 14.0. The Balaban J connectivity index is 1.85. The molecule has 1 atom stereocenters. The van der Waals surface area contributed by atoms with Crippen LogP contribution in [0.5, 0.6) is 5.75 Å². The van der Waals surface area contributed by atoms with Gasteiger partial charge >= 0.3 is 0 Å². The van der Waals surface area contributed by atoms with Gasteiger partial charge in [-0.05, 0) is 57.2 Å². The van der Waals surface area contributed by atoms with Gasteiger partial charge in [0.15, 0.2) is 0 Å². The third kappa shape index (κ3) is 2.71. The number of fused-ring (bicyclic) bond motifs is 1. The van der Waals surface area contributed by atoms with Gasteiger partial charge in [0.05, 0.1) is 0 Å². The fourth-order valence-corrected chi connectivity index (χ4v) is 3.74. The summed E-state index contributed by atoms with van der Waals surface area (Å²) in [5.74, 6) is 1.13. The monoisotopic (exact) mass is 273 g/mol. The van der Waals surface area contributed by atoms with E-state index in [0.29, 0.717) is 6.04 Å². The fraction of sp³-hybridized carbons (Fsp3) is 0.667. The van der Waals surface area contributed by atoms with Gasteiger partial charge in [0.1, 0.15) is 11.4 Å². The molecule has 20 heavy (non-hydrogen) atoms. The number of unbranched alkanes of at least 4 members (excludes halogenated alkanes) is 1. The van der Waals surface area contributed by atoms with Gasteiger partial charge in [-0.25, -0.2) is 0 Å². The first-order valence-electron chi connectivity index (χ1n) is 8.25. The van der Waals surface area contributed by atoms with E-state index >= 15 is 0 Å². The summed E-state index contributed by atoms with van der Waals surface area (Å²) in [6, 6.07) is 7.17. The van der Waals surface area contributed by atoms with Crippen molar-refractivity contribution in [3.8, 4) is 5.75 Å². The number of nitrogens with one attached hydrogen (secondary N) is 1. The highest BCUT2D eigenvalue weighted by atomic mass is 16.5. The normalized spacial score (nSPS) is 23.6. The Morgan fingerprint density at radius 2 is 2.10 bits per heavy atom. The summed E-state index contributed by atoms with van der Waals surface area (Å²) in [4.78, 5) is 0. The average molecular weight is 273 g/mol. The van der Waals surface area contributed by atoms with Gasteiger partial charge in [0.2, 0.25) is 0 Å². The van der Waals surface area contributed by atoms with Gasteiger partial charge in [-0.2, -0.15) is 0 Å². The molecule has 1 spiro atoms. The molecular weight excluding hydrogens is 246 g/mol. The SMILES string of the molecule is CCCCNC1CC2(CCCC2)Oc2cc(C)ccc21. The Morgan fingerprint density at radius 1 is 1.30 bits per heavy atom. The maximum atomic E-state index is 6.46. The zero-order valence-electron chi connectivity index (χ0n) is 12.9. The molecule has 2 heteroatoms. The molecule has 0 bridgehead atoms. The van der Waals surface area contributed by atoms with Crippen LogP contribution in [0, 0.1) is 6.92 Å². The van der Waals surface area contributed by atoms with Crippen molar-refractivity contribution in [2.24, 2.45) is 0 Å². The fourth-order valence-electron chi connectivity index (χ4n) is 3.74. The standard InChI is InChI=1S/C18H27NO/c1-3-4-11-19-16-13-18(9-5-6-10-18)20-17-12-14(2)7-8-15(16)17/h7-8,12,16,19H,3-6,9-11,13H2,1-2H3. The van der Waals surface area contributed by atoms with Crippen LogP contribution in [0.4, 0.5) is 0 Å². The van der Waals surface area contributed by atoms with Crippen LogP contribution in [-0.4, -0.2) is 12.1 Å². The van der Waals surface area contributed by atoms with Gasteiger partial charge in [0, 0.05) is 18.0 Å². The third-order valence-electron chi connectivity index (χ3n) is 4.88. The van der Waals surface area contributed by atoms with E-state index in [0.717, 1.165) is 18.7 Å². The highest BCUT2D eigenvalue weighted by Crippen LogP contribution is 2.47. The molecule has 1 unspecified atom stereocenters. The van der Waals surface area contributed by atoms with Gasteiger partial charge in [-0.15, -0.1) is 0 Å². The van der Waals surface area contributed by atoms with Crippen LogP contribution in [-0.2, 0) is 0 Å². The molecule has 110 valence electrons. The van der Waals surface area contributed by atoms with Crippen molar-refractivity contribution >= 4 is 0 Å². The predicted molar refractivity (Wildman–Crippen MR) is 83.3 cm³/mol. The molecule has 3 rings (SSSR count). The molecule has 1 saturated carbocycles. The van der Waals surface area contributed by atoms with Crippen LogP contribution in [0.15, 0.2) is 18.2 Å². The van der Waals surface area contributed by atoms with E-state index in [1.807, 2.05) is 0 Å². The zero-order valence-corrected chi connectivity index (χ0v) is 12.9. The molecule has 1 aromatic rings. The average Bonchev–Trinajstić information content (AvgIpc) is 2.86.